The van der Waals surface area contributed by atoms with Crippen LogP contribution in [0.2, 0.25) is 0 Å². The first-order chi connectivity index (χ1) is 10.6. The highest BCUT2D eigenvalue weighted by Gasteiger charge is 2.10. The van der Waals surface area contributed by atoms with Crippen LogP contribution in [0.5, 0.6) is 5.75 Å². The van der Waals surface area contributed by atoms with Crippen LogP contribution in [0.25, 0.3) is 0 Å². The van der Waals surface area contributed by atoms with E-state index >= 15 is 0 Å². The minimum atomic E-state index is 0.743. The van der Waals surface area contributed by atoms with Gasteiger partial charge in [0.1, 0.15) is 5.75 Å². The average Bonchev–Trinajstić information content (AvgIpc) is 2.94. The van der Waals surface area contributed by atoms with E-state index in [-0.39, 0.29) is 0 Å². The van der Waals surface area contributed by atoms with E-state index in [0.29, 0.717) is 0 Å². The maximum Gasteiger partial charge on any atom is 0.193 e. The lowest BCUT2D eigenvalue weighted by Crippen LogP contribution is -2.37. The highest BCUT2D eigenvalue weighted by atomic mass is 32.1. The molecule has 4 nitrogen and oxygen atoms in total. The van der Waals surface area contributed by atoms with Gasteiger partial charge in [-0.2, -0.15) is 0 Å². The number of aliphatic imine (C=N–C) groups is 1. The number of ether oxygens (including phenoxy) is 1. The summed E-state index contributed by atoms with van der Waals surface area (Å²) in [7, 11) is 5.53. The van der Waals surface area contributed by atoms with Gasteiger partial charge >= 0.3 is 0 Å². The van der Waals surface area contributed by atoms with Gasteiger partial charge in [0.2, 0.25) is 0 Å². The molecular weight excluding hydrogens is 294 g/mol. The number of guanidine groups is 1. The van der Waals surface area contributed by atoms with Crippen LogP contribution in [-0.2, 0) is 13.1 Å². The van der Waals surface area contributed by atoms with Gasteiger partial charge in [-0.1, -0.05) is 18.2 Å². The summed E-state index contributed by atoms with van der Waals surface area (Å²) in [6.07, 6.45) is 0. The van der Waals surface area contributed by atoms with Crippen molar-refractivity contribution in [3.05, 3.63) is 51.7 Å². The molecular formula is C17H23N3OS. The lowest BCUT2D eigenvalue weighted by Gasteiger charge is -2.23. The van der Waals surface area contributed by atoms with Crippen LogP contribution >= 0.6 is 11.3 Å². The monoisotopic (exact) mass is 317 g/mol. The molecule has 0 aliphatic carbocycles. The van der Waals surface area contributed by atoms with Gasteiger partial charge in [-0.15, -0.1) is 11.3 Å². The van der Waals surface area contributed by atoms with E-state index in [4.69, 9.17) is 4.74 Å². The molecule has 0 spiro atoms. The van der Waals surface area contributed by atoms with E-state index in [9.17, 15) is 0 Å². The summed E-state index contributed by atoms with van der Waals surface area (Å²) in [6, 6.07) is 12.4. The predicted octanol–water partition coefficient (Wildman–Crippen LogP) is 3.27. The fourth-order valence-electron chi connectivity index (χ4n) is 2.30. The maximum absolute atomic E-state index is 5.41. The molecule has 2 rings (SSSR count). The summed E-state index contributed by atoms with van der Waals surface area (Å²) >= 11 is 1.81. The summed E-state index contributed by atoms with van der Waals surface area (Å²) in [6.45, 7) is 3.66. The third kappa shape index (κ3) is 4.24. The van der Waals surface area contributed by atoms with E-state index in [1.54, 1.807) is 25.5 Å². The standard InChI is InChI=1S/C17H23N3OS/c1-13-9-10-15(22-13)11-19-17(18-2)20(3)12-14-7-5-6-8-16(14)21-4/h5-10H,11-12H2,1-4H3,(H,18,19). The van der Waals surface area contributed by atoms with Crippen LogP contribution in [0.4, 0.5) is 0 Å². The van der Waals surface area contributed by atoms with Crippen molar-refractivity contribution < 1.29 is 4.74 Å². The number of hydrogen-bond donors (Lipinski definition) is 1. The van der Waals surface area contributed by atoms with E-state index in [0.717, 1.165) is 30.4 Å². The molecule has 0 fully saturated rings. The molecule has 1 aromatic carbocycles. The Labute approximate surface area is 136 Å². The number of para-hydroxylation sites is 1. The number of rotatable bonds is 5. The minimum Gasteiger partial charge on any atom is -0.496 e. The number of benzene rings is 1. The van der Waals surface area contributed by atoms with Gasteiger partial charge in [0.15, 0.2) is 5.96 Å². The number of nitrogens with one attached hydrogen (secondary N) is 1. The normalized spacial score (nSPS) is 11.4. The van der Waals surface area contributed by atoms with Crippen molar-refractivity contribution in [1.82, 2.24) is 10.2 Å². The quantitative estimate of drug-likeness (QED) is 0.679. The third-order valence-corrected chi connectivity index (χ3v) is 4.39. The Balaban J connectivity index is 1.98. The number of methoxy groups -OCH3 is 1. The molecule has 0 amide bonds. The zero-order valence-electron chi connectivity index (χ0n) is 13.6. The first-order valence-corrected chi connectivity index (χ1v) is 8.04. The van der Waals surface area contributed by atoms with Crippen LogP contribution in [-0.4, -0.2) is 32.1 Å². The second-order valence-electron chi connectivity index (χ2n) is 5.08. The molecule has 1 aromatic heterocycles. The van der Waals surface area contributed by atoms with Crippen LogP contribution in [0.15, 0.2) is 41.4 Å². The zero-order valence-corrected chi connectivity index (χ0v) is 14.4. The van der Waals surface area contributed by atoms with Crippen LogP contribution in [0, 0.1) is 6.92 Å². The van der Waals surface area contributed by atoms with E-state index in [1.165, 1.54) is 9.75 Å². The molecule has 22 heavy (non-hydrogen) atoms. The molecule has 118 valence electrons. The summed E-state index contributed by atoms with van der Waals surface area (Å²) in [4.78, 5) is 9.09. The van der Waals surface area contributed by atoms with Gasteiger partial charge in [-0.05, 0) is 25.1 Å². The van der Waals surface area contributed by atoms with Crippen molar-refractivity contribution in [1.29, 1.82) is 0 Å². The lowest BCUT2D eigenvalue weighted by atomic mass is 10.2. The molecule has 0 atom stereocenters. The number of thiophene rings is 1. The number of aryl methyl sites for hydroxylation is 1. The number of nitrogens with zero attached hydrogens (tertiary/aromatic N) is 2. The SMILES string of the molecule is CN=C(NCc1ccc(C)s1)N(C)Cc1ccccc1OC. The van der Waals surface area contributed by atoms with Gasteiger partial charge in [0.25, 0.3) is 0 Å². The van der Waals surface area contributed by atoms with Crippen molar-refractivity contribution in [2.75, 3.05) is 21.2 Å². The van der Waals surface area contributed by atoms with Crippen LogP contribution in [0.3, 0.4) is 0 Å². The lowest BCUT2D eigenvalue weighted by molar-refractivity contribution is 0.396. The molecule has 0 bridgehead atoms. The molecule has 1 N–H and O–H groups in total. The third-order valence-electron chi connectivity index (χ3n) is 3.39. The van der Waals surface area contributed by atoms with Crippen molar-refractivity contribution in [2.45, 2.75) is 20.0 Å². The largest absolute Gasteiger partial charge is 0.496 e. The molecule has 0 aliphatic heterocycles. The smallest absolute Gasteiger partial charge is 0.193 e. The Bertz CT molecular complexity index is 636. The molecule has 0 saturated heterocycles. The Hall–Kier alpha value is -2.01. The molecule has 5 heteroatoms. The predicted molar refractivity (Wildman–Crippen MR) is 93.7 cm³/mol. The van der Waals surface area contributed by atoms with Gasteiger partial charge in [0, 0.05) is 36.0 Å². The second kappa shape index (κ2) is 7.84. The van der Waals surface area contributed by atoms with Gasteiger partial charge in [-0.3, -0.25) is 4.99 Å². The van der Waals surface area contributed by atoms with Crippen molar-refractivity contribution in [2.24, 2.45) is 4.99 Å². The topological polar surface area (TPSA) is 36.9 Å². The molecule has 0 radical (unpaired) electrons. The highest BCUT2D eigenvalue weighted by molar-refractivity contribution is 7.11. The maximum atomic E-state index is 5.41. The van der Waals surface area contributed by atoms with Crippen LogP contribution in [0.1, 0.15) is 15.3 Å². The summed E-state index contributed by atoms with van der Waals surface area (Å²) in [5, 5.41) is 3.40. The Morgan fingerprint density at radius 2 is 2.05 bits per heavy atom. The van der Waals surface area contributed by atoms with Crippen molar-refractivity contribution >= 4 is 17.3 Å². The Morgan fingerprint density at radius 3 is 2.68 bits per heavy atom. The minimum absolute atomic E-state index is 0.743. The first kappa shape index (κ1) is 16.4. The summed E-state index contributed by atoms with van der Waals surface area (Å²) < 4.78 is 5.41. The fourth-order valence-corrected chi connectivity index (χ4v) is 3.13. The number of hydrogen-bond acceptors (Lipinski definition) is 3. The molecule has 0 aliphatic rings. The van der Waals surface area contributed by atoms with Gasteiger partial charge in [0.05, 0.1) is 13.7 Å². The summed E-state index contributed by atoms with van der Waals surface area (Å²) in [5.74, 6) is 1.77. The van der Waals surface area contributed by atoms with Gasteiger partial charge < -0.3 is 15.0 Å². The van der Waals surface area contributed by atoms with Gasteiger partial charge in [-0.25, -0.2) is 0 Å². The zero-order chi connectivity index (χ0) is 15.9. The molecule has 0 saturated carbocycles. The highest BCUT2D eigenvalue weighted by Crippen LogP contribution is 2.19. The van der Waals surface area contributed by atoms with Crippen molar-refractivity contribution in [3.63, 3.8) is 0 Å². The Morgan fingerprint density at radius 1 is 1.27 bits per heavy atom. The second-order valence-corrected chi connectivity index (χ2v) is 6.45. The molecule has 0 unspecified atom stereocenters. The fraction of sp³-hybridized carbons (Fsp3) is 0.353. The summed E-state index contributed by atoms with van der Waals surface area (Å²) in [5.41, 5.74) is 1.14. The molecule has 2 aromatic rings. The first-order valence-electron chi connectivity index (χ1n) is 7.23. The van der Waals surface area contributed by atoms with E-state index in [1.807, 2.05) is 25.2 Å². The van der Waals surface area contributed by atoms with E-state index < -0.39 is 0 Å². The molecule has 1 heterocycles. The average molecular weight is 317 g/mol. The van der Waals surface area contributed by atoms with Crippen molar-refractivity contribution in [3.8, 4) is 5.75 Å². The Kier molecular flexibility index (Phi) is 5.83. The van der Waals surface area contributed by atoms with E-state index in [2.05, 4.69) is 40.3 Å². The van der Waals surface area contributed by atoms with Crippen LogP contribution < -0.4 is 10.1 Å².